The summed E-state index contributed by atoms with van der Waals surface area (Å²) in [5, 5.41) is 5.02. The van der Waals surface area contributed by atoms with E-state index < -0.39 is 11.0 Å². The molecule has 1 rings (SSSR count). The summed E-state index contributed by atoms with van der Waals surface area (Å²) in [6.45, 7) is 0. The third-order valence-corrected chi connectivity index (χ3v) is 1.20. The van der Waals surface area contributed by atoms with Crippen LogP contribution in [0.25, 0.3) is 0 Å². The van der Waals surface area contributed by atoms with Gasteiger partial charge in [-0.05, 0) is 6.08 Å². The maximum Gasteiger partial charge on any atom is 0.158 e. The van der Waals surface area contributed by atoms with Gasteiger partial charge in [0.05, 0.1) is 0 Å². The molecule has 4 heteroatoms. The average molecular weight is 116 g/mol. The number of hydrogen-bond donors (Lipinski definition) is 1. The summed E-state index contributed by atoms with van der Waals surface area (Å²) in [7, 11) is -1.07. The molecule has 1 aliphatic rings. The smallest absolute Gasteiger partial charge is 0.158 e. The minimum absolute atomic E-state index is 1.07. The van der Waals surface area contributed by atoms with E-state index >= 15 is 0 Å². The Morgan fingerprint density at radius 1 is 1.71 bits per heavy atom. The molecule has 0 amide bonds. The van der Waals surface area contributed by atoms with Crippen molar-refractivity contribution in [2.45, 2.75) is 0 Å². The van der Waals surface area contributed by atoms with E-state index in [1.54, 1.807) is 12.3 Å². The van der Waals surface area contributed by atoms with E-state index in [1.807, 2.05) is 0 Å². The Labute approximate surface area is 43.7 Å². The van der Waals surface area contributed by atoms with Crippen LogP contribution in [0.5, 0.6) is 0 Å². The lowest BCUT2D eigenvalue weighted by atomic mass is 10.7. The Kier molecular flexibility index (Phi) is 1.21. The molecule has 1 atom stereocenters. The van der Waals surface area contributed by atoms with Gasteiger partial charge in [-0.15, -0.1) is 0 Å². The molecule has 0 bridgehead atoms. The molecule has 0 saturated carbocycles. The first-order valence-electron chi connectivity index (χ1n) is 1.75. The normalized spacial score (nSPS) is 27.1. The number of nitrogens with one attached hydrogen (secondary N) is 1. The molecule has 0 saturated heterocycles. The molecule has 0 radical (unpaired) electrons. The standard InChI is InChI=1S/C3H4N2OS/c6-7-3-1-2-4-5-7/h1-3,5H. The molecule has 0 fully saturated rings. The van der Waals surface area contributed by atoms with Crippen LogP contribution in [0, 0.1) is 0 Å². The average Bonchev–Trinajstić information content (AvgIpc) is 1.69. The van der Waals surface area contributed by atoms with Crippen molar-refractivity contribution in [3.8, 4) is 0 Å². The summed E-state index contributed by atoms with van der Waals surface area (Å²) >= 11 is 0. The molecule has 1 aliphatic heterocycles. The van der Waals surface area contributed by atoms with Crippen molar-refractivity contribution < 1.29 is 4.21 Å². The van der Waals surface area contributed by atoms with Crippen molar-refractivity contribution in [1.82, 2.24) is 4.83 Å². The van der Waals surface area contributed by atoms with Gasteiger partial charge in [-0.2, -0.15) is 5.10 Å². The van der Waals surface area contributed by atoms with Crippen LogP contribution in [0.15, 0.2) is 16.6 Å². The minimum Gasteiger partial charge on any atom is -0.231 e. The van der Waals surface area contributed by atoms with E-state index in [9.17, 15) is 4.21 Å². The highest BCUT2D eigenvalue weighted by Crippen LogP contribution is 1.81. The van der Waals surface area contributed by atoms with Crippen LogP contribution < -0.4 is 4.83 Å². The van der Waals surface area contributed by atoms with Crippen LogP contribution in [0.3, 0.4) is 0 Å². The van der Waals surface area contributed by atoms with Gasteiger partial charge in [0.2, 0.25) is 0 Å². The van der Waals surface area contributed by atoms with E-state index in [1.165, 1.54) is 5.41 Å². The zero-order valence-corrected chi connectivity index (χ0v) is 4.31. The first kappa shape index (κ1) is 4.52. The molecule has 7 heavy (non-hydrogen) atoms. The summed E-state index contributed by atoms with van der Waals surface area (Å²) in [4.78, 5) is 2.34. The number of rotatable bonds is 0. The maximum atomic E-state index is 10.3. The number of nitrogens with zero attached hydrogens (tertiary/aromatic N) is 1. The molecule has 1 unspecified atom stereocenters. The lowest BCUT2D eigenvalue weighted by Crippen LogP contribution is -2.09. The largest absolute Gasteiger partial charge is 0.231 e. The quantitative estimate of drug-likeness (QED) is 0.466. The zero-order chi connectivity index (χ0) is 5.11. The van der Waals surface area contributed by atoms with Crippen molar-refractivity contribution in [2.24, 2.45) is 5.10 Å². The van der Waals surface area contributed by atoms with Crippen LogP contribution in [-0.4, -0.2) is 10.4 Å². The van der Waals surface area contributed by atoms with E-state index in [-0.39, 0.29) is 0 Å². The van der Waals surface area contributed by atoms with Crippen molar-refractivity contribution >= 4 is 17.2 Å². The van der Waals surface area contributed by atoms with Gasteiger partial charge < -0.3 is 0 Å². The summed E-state index contributed by atoms with van der Waals surface area (Å²) in [5.74, 6) is 0. The highest BCUT2D eigenvalue weighted by molar-refractivity contribution is 7.86. The van der Waals surface area contributed by atoms with E-state index in [2.05, 4.69) is 9.93 Å². The summed E-state index contributed by atoms with van der Waals surface area (Å²) in [6.07, 6.45) is 3.17. The minimum atomic E-state index is -1.07. The highest BCUT2D eigenvalue weighted by atomic mass is 32.2. The maximum absolute atomic E-state index is 10.3. The molecule has 0 aromatic carbocycles. The second-order valence-electron chi connectivity index (χ2n) is 0.995. The first-order valence-corrected chi connectivity index (χ1v) is 2.97. The summed E-state index contributed by atoms with van der Waals surface area (Å²) in [5.41, 5.74) is 0. The van der Waals surface area contributed by atoms with Crippen molar-refractivity contribution in [2.75, 3.05) is 0 Å². The molecule has 0 aromatic heterocycles. The molecule has 3 nitrogen and oxygen atoms in total. The lowest BCUT2D eigenvalue weighted by molar-refractivity contribution is 0.680. The fraction of sp³-hybridized carbons (Fsp3) is 0. The second kappa shape index (κ2) is 1.88. The molecule has 0 aromatic rings. The van der Waals surface area contributed by atoms with E-state index in [0.717, 1.165) is 0 Å². The van der Waals surface area contributed by atoms with E-state index in [4.69, 9.17) is 0 Å². The first-order chi connectivity index (χ1) is 3.39. The van der Waals surface area contributed by atoms with Crippen LogP contribution in [0.1, 0.15) is 0 Å². The lowest BCUT2D eigenvalue weighted by Gasteiger charge is -1.93. The SMILES string of the molecule is O=S1C=CC=NN1. The van der Waals surface area contributed by atoms with Crippen LogP contribution in [0.4, 0.5) is 0 Å². The summed E-state index contributed by atoms with van der Waals surface area (Å²) < 4.78 is 10.3. The van der Waals surface area contributed by atoms with Crippen LogP contribution >= 0.6 is 0 Å². The van der Waals surface area contributed by atoms with Gasteiger partial charge in [-0.1, -0.05) is 0 Å². The number of hydrogen-bond acceptors (Lipinski definition) is 2. The fourth-order valence-electron chi connectivity index (χ4n) is 0.262. The molecule has 0 aliphatic carbocycles. The van der Waals surface area contributed by atoms with Crippen molar-refractivity contribution in [3.63, 3.8) is 0 Å². The summed E-state index contributed by atoms with van der Waals surface area (Å²) in [6, 6.07) is 0. The molecule has 38 valence electrons. The van der Waals surface area contributed by atoms with Crippen LogP contribution in [0.2, 0.25) is 0 Å². The monoisotopic (exact) mass is 116 g/mol. The van der Waals surface area contributed by atoms with Crippen molar-refractivity contribution in [3.05, 3.63) is 11.5 Å². The molecular weight excluding hydrogens is 112 g/mol. The number of allylic oxidation sites excluding steroid dienone is 1. The third-order valence-electron chi connectivity index (χ3n) is 0.505. The molecule has 1 N–H and O–H groups in total. The van der Waals surface area contributed by atoms with Gasteiger partial charge in [-0.25, -0.2) is 9.04 Å². The second-order valence-corrected chi connectivity index (χ2v) is 2.04. The van der Waals surface area contributed by atoms with Gasteiger partial charge in [0.25, 0.3) is 0 Å². The fourth-order valence-corrected chi connectivity index (χ4v) is 0.701. The third kappa shape index (κ3) is 1.12. The van der Waals surface area contributed by atoms with Gasteiger partial charge in [-0.3, -0.25) is 0 Å². The Hall–Kier alpha value is -0.640. The predicted molar refractivity (Wildman–Crippen MR) is 28.9 cm³/mol. The highest BCUT2D eigenvalue weighted by Gasteiger charge is 1.88. The molecular formula is C3H4N2OS. The molecule has 0 spiro atoms. The zero-order valence-electron chi connectivity index (χ0n) is 3.50. The van der Waals surface area contributed by atoms with Crippen molar-refractivity contribution in [1.29, 1.82) is 0 Å². The topological polar surface area (TPSA) is 41.5 Å². The Bertz CT molecular complexity index is 140. The number of hydrazone groups is 1. The van der Waals surface area contributed by atoms with Gasteiger partial charge in [0.1, 0.15) is 0 Å². The predicted octanol–water partition coefficient (Wildman–Crippen LogP) is -0.247. The van der Waals surface area contributed by atoms with Crippen LogP contribution in [-0.2, 0) is 11.0 Å². The van der Waals surface area contributed by atoms with Gasteiger partial charge in [0.15, 0.2) is 11.0 Å². The Morgan fingerprint density at radius 2 is 2.57 bits per heavy atom. The Morgan fingerprint density at radius 3 is 2.86 bits per heavy atom. The van der Waals surface area contributed by atoms with Gasteiger partial charge in [0, 0.05) is 11.6 Å². The van der Waals surface area contributed by atoms with Gasteiger partial charge >= 0.3 is 0 Å². The Balaban J connectivity index is 2.66. The van der Waals surface area contributed by atoms with E-state index in [0.29, 0.717) is 0 Å². The molecule has 1 heterocycles.